The first kappa shape index (κ1) is 26.4. The summed E-state index contributed by atoms with van der Waals surface area (Å²) in [6, 6.07) is 57.5. The Kier molecular flexibility index (Phi) is 6.22. The molecule has 3 heteroatoms. The molecule has 9 aromatic rings. The van der Waals surface area contributed by atoms with Gasteiger partial charge >= 0.3 is 0 Å². The average molecular weight is 657 g/mol. The largest absolute Gasteiger partial charge is 0.309 e. The summed E-state index contributed by atoms with van der Waals surface area (Å²) in [7, 11) is 0. The van der Waals surface area contributed by atoms with Crippen LogP contribution in [0.2, 0.25) is 0 Å². The molecule has 0 saturated carbocycles. The van der Waals surface area contributed by atoms with Crippen molar-refractivity contribution < 1.29 is 0 Å². The van der Waals surface area contributed by atoms with Gasteiger partial charge in [0.15, 0.2) is 0 Å². The quantitative estimate of drug-likeness (QED) is 0.178. The van der Waals surface area contributed by atoms with Crippen molar-refractivity contribution in [1.82, 2.24) is 4.57 Å². The molecule has 0 spiro atoms. The minimum absolute atomic E-state index is 1.09. The summed E-state index contributed by atoms with van der Waals surface area (Å²) < 4.78 is 6.15. The lowest BCUT2D eigenvalue weighted by molar-refractivity contribution is 1.19. The van der Waals surface area contributed by atoms with Crippen LogP contribution >= 0.6 is 27.3 Å². The molecule has 212 valence electrons. The zero-order valence-electron chi connectivity index (χ0n) is 24.2. The van der Waals surface area contributed by atoms with Crippen molar-refractivity contribution >= 4 is 69.2 Å². The number of rotatable bonds is 4. The predicted octanol–water partition coefficient (Wildman–Crippen LogP) is 12.9. The van der Waals surface area contributed by atoms with Crippen molar-refractivity contribution in [2.75, 3.05) is 0 Å². The van der Waals surface area contributed by atoms with Crippen LogP contribution in [-0.2, 0) is 0 Å². The number of benzene rings is 7. The molecule has 0 radical (unpaired) electrons. The summed E-state index contributed by atoms with van der Waals surface area (Å²) in [5, 5.41) is 5.14. The van der Waals surface area contributed by atoms with Crippen LogP contribution in [0, 0.1) is 0 Å². The van der Waals surface area contributed by atoms with Gasteiger partial charge in [0.25, 0.3) is 0 Å². The zero-order chi connectivity index (χ0) is 29.9. The maximum absolute atomic E-state index is 3.63. The first-order valence-corrected chi connectivity index (χ1v) is 16.7. The first-order valence-electron chi connectivity index (χ1n) is 15.1. The lowest BCUT2D eigenvalue weighted by Gasteiger charge is -2.10. The van der Waals surface area contributed by atoms with E-state index in [1.165, 1.54) is 81.0 Å². The van der Waals surface area contributed by atoms with E-state index in [1.54, 1.807) is 0 Å². The number of nitrogens with zero attached hydrogens (tertiary/aromatic N) is 1. The Morgan fingerprint density at radius 3 is 1.78 bits per heavy atom. The second-order valence-corrected chi connectivity index (χ2v) is 13.5. The molecule has 1 nitrogen and oxygen atoms in total. The Bertz CT molecular complexity index is 2560. The molecule has 0 unspecified atom stereocenters. The monoisotopic (exact) mass is 655 g/mol. The van der Waals surface area contributed by atoms with Crippen LogP contribution in [0.4, 0.5) is 0 Å². The van der Waals surface area contributed by atoms with E-state index in [9.17, 15) is 0 Å². The van der Waals surface area contributed by atoms with Gasteiger partial charge in [-0.15, -0.1) is 11.3 Å². The third-order valence-corrected chi connectivity index (χ3v) is 10.5. The summed E-state index contributed by atoms with van der Waals surface area (Å²) in [5.74, 6) is 0. The van der Waals surface area contributed by atoms with Gasteiger partial charge in [-0.2, -0.15) is 0 Å². The third-order valence-electron chi connectivity index (χ3n) is 8.84. The molecule has 7 aromatic carbocycles. The van der Waals surface area contributed by atoms with Crippen LogP contribution in [-0.4, -0.2) is 4.57 Å². The minimum atomic E-state index is 1.09. The van der Waals surface area contributed by atoms with Gasteiger partial charge < -0.3 is 4.57 Å². The highest BCUT2D eigenvalue weighted by atomic mass is 79.9. The van der Waals surface area contributed by atoms with Gasteiger partial charge in [-0.1, -0.05) is 107 Å². The molecule has 9 rings (SSSR count). The van der Waals surface area contributed by atoms with Crippen molar-refractivity contribution in [2.24, 2.45) is 0 Å². The fraction of sp³-hybridized carbons (Fsp3) is 0. The number of hydrogen-bond donors (Lipinski definition) is 0. The number of thiophene rings is 1. The van der Waals surface area contributed by atoms with Crippen LogP contribution < -0.4 is 0 Å². The van der Waals surface area contributed by atoms with Crippen LogP contribution in [0.3, 0.4) is 0 Å². The fourth-order valence-electron chi connectivity index (χ4n) is 6.69. The van der Waals surface area contributed by atoms with E-state index in [0.717, 1.165) is 4.47 Å². The Labute approximate surface area is 273 Å². The number of halogens is 1. The standard InChI is InChI=1S/C42H26BrNS/c43-33-13-7-12-30(23-33)28-10-6-11-29(22-28)32-16-19-40-36(24-32)35-14-4-5-15-39(35)44(40)34-18-21-42-38(26-34)37-25-31(17-20-41(37)45-42)27-8-2-1-3-9-27/h1-26H. The molecule has 2 aromatic heterocycles. The molecule has 0 saturated heterocycles. The number of aromatic nitrogens is 1. The van der Waals surface area contributed by atoms with Gasteiger partial charge in [-0.05, 0) is 100 Å². The van der Waals surface area contributed by atoms with Crippen LogP contribution in [0.1, 0.15) is 0 Å². The lowest BCUT2D eigenvalue weighted by atomic mass is 9.98. The summed E-state index contributed by atoms with van der Waals surface area (Å²) >= 11 is 5.49. The highest BCUT2D eigenvalue weighted by Gasteiger charge is 2.15. The summed E-state index contributed by atoms with van der Waals surface area (Å²) in [5.41, 5.74) is 11.0. The molecule has 0 bridgehead atoms. The van der Waals surface area contributed by atoms with Gasteiger partial charge in [0, 0.05) is 41.1 Å². The number of fused-ring (bicyclic) bond motifs is 6. The first-order chi connectivity index (χ1) is 22.2. The Hall–Kier alpha value is -4.96. The highest BCUT2D eigenvalue weighted by Crippen LogP contribution is 2.40. The van der Waals surface area contributed by atoms with Crippen LogP contribution in [0.25, 0.3) is 81.0 Å². The zero-order valence-corrected chi connectivity index (χ0v) is 26.6. The predicted molar refractivity (Wildman–Crippen MR) is 198 cm³/mol. The molecule has 0 amide bonds. The maximum Gasteiger partial charge on any atom is 0.0541 e. The van der Waals surface area contributed by atoms with E-state index in [-0.39, 0.29) is 0 Å². The van der Waals surface area contributed by atoms with Gasteiger partial charge in [0.05, 0.1) is 11.0 Å². The van der Waals surface area contributed by atoms with Gasteiger partial charge in [-0.3, -0.25) is 0 Å². The molecular weight excluding hydrogens is 630 g/mol. The molecule has 45 heavy (non-hydrogen) atoms. The molecule has 0 aliphatic rings. The van der Waals surface area contributed by atoms with E-state index >= 15 is 0 Å². The molecule has 0 atom stereocenters. The van der Waals surface area contributed by atoms with Crippen molar-refractivity contribution in [1.29, 1.82) is 0 Å². The topological polar surface area (TPSA) is 4.93 Å². The summed E-state index contributed by atoms with van der Waals surface area (Å²) in [6.45, 7) is 0. The maximum atomic E-state index is 3.63. The van der Waals surface area contributed by atoms with E-state index in [4.69, 9.17) is 0 Å². The summed E-state index contributed by atoms with van der Waals surface area (Å²) in [6.07, 6.45) is 0. The van der Waals surface area contributed by atoms with Crippen LogP contribution in [0.5, 0.6) is 0 Å². The van der Waals surface area contributed by atoms with Gasteiger partial charge in [0.1, 0.15) is 0 Å². The van der Waals surface area contributed by atoms with Crippen LogP contribution in [0.15, 0.2) is 162 Å². The fourth-order valence-corrected chi connectivity index (χ4v) is 8.16. The Balaban J connectivity index is 1.20. The van der Waals surface area contributed by atoms with Crippen molar-refractivity contribution in [3.8, 4) is 39.1 Å². The summed E-state index contributed by atoms with van der Waals surface area (Å²) in [4.78, 5) is 0. The SMILES string of the molecule is Brc1cccc(-c2cccc(-c3ccc4c(c3)c3ccccc3n4-c3ccc4sc5ccc(-c6ccccc6)cc5c4c3)c2)c1. The van der Waals surface area contributed by atoms with E-state index < -0.39 is 0 Å². The second-order valence-electron chi connectivity index (χ2n) is 11.5. The molecular formula is C42H26BrNS. The smallest absolute Gasteiger partial charge is 0.0541 e. The molecule has 2 heterocycles. The normalized spacial score (nSPS) is 11.7. The Morgan fingerprint density at radius 1 is 0.378 bits per heavy atom. The van der Waals surface area contributed by atoms with E-state index in [2.05, 4.69) is 178 Å². The Morgan fingerprint density at radius 2 is 0.956 bits per heavy atom. The van der Waals surface area contributed by atoms with Gasteiger partial charge in [0.2, 0.25) is 0 Å². The highest BCUT2D eigenvalue weighted by molar-refractivity contribution is 9.10. The van der Waals surface area contributed by atoms with Crippen molar-refractivity contribution in [3.63, 3.8) is 0 Å². The van der Waals surface area contributed by atoms with E-state index in [0.29, 0.717) is 0 Å². The molecule has 0 fully saturated rings. The second kappa shape index (κ2) is 10.6. The number of para-hydroxylation sites is 1. The lowest BCUT2D eigenvalue weighted by Crippen LogP contribution is -1.93. The van der Waals surface area contributed by atoms with E-state index in [1.807, 2.05) is 11.3 Å². The van der Waals surface area contributed by atoms with Crippen molar-refractivity contribution in [2.45, 2.75) is 0 Å². The average Bonchev–Trinajstić information content (AvgIpc) is 3.63. The minimum Gasteiger partial charge on any atom is -0.309 e. The number of hydrogen-bond acceptors (Lipinski definition) is 1. The molecule has 0 N–H and O–H groups in total. The van der Waals surface area contributed by atoms with Gasteiger partial charge in [-0.25, -0.2) is 0 Å². The van der Waals surface area contributed by atoms with Crippen molar-refractivity contribution in [3.05, 3.63) is 162 Å². The third kappa shape index (κ3) is 4.50. The molecule has 0 aliphatic carbocycles. The molecule has 0 aliphatic heterocycles.